The summed E-state index contributed by atoms with van der Waals surface area (Å²) >= 11 is 6.30. The van der Waals surface area contributed by atoms with Crippen molar-refractivity contribution in [3.8, 4) is 5.75 Å². The van der Waals surface area contributed by atoms with Gasteiger partial charge >= 0.3 is 0 Å². The summed E-state index contributed by atoms with van der Waals surface area (Å²) in [5, 5.41) is 10.8. The van der Waals surface area contributed by atoms with Gasteiger partial charge in [0.25, 0.3) is 0 Å². The van der Waals surface area contributed by atoms with Gasteiger partial charge in [0, 0.05) is 11.1 Å². The number of hydrogen-bond acceptors (Lipinski definition) is 2. The minimum absolute atomic E-state index is 0.231. The number of nitrogens with two attached hydrogens (primary N) is 1. The highest BCUT2D eigenvalue weighted by molar-refractivity contribution is 6.33. The summed E-state index contributed by atoms with van der Waals surface area (Å²) in [4.78, 5) is 0. The molecule has 2 nitrogen and oxygen atoms in total. The van der Waals surface area contributed by atoms with Crippen LogP contribution in [0.5, 0.6) is 5.75 Å². The Bertz CT molecular complexity index is 466. The van der Waals surface area contributed by atoms with E-state index in [0.717, 1.165) is 43.2 Å². The Morgan fingerprint density at radius 1 is 1.18 bits per heavy atom. The number of fused-ring (bicyclic) bond motifs is 1. The van der Waals surface area contributed by atoms with E-state index >= 15 is 0 Å². The second-order valence-corrected chi connectivity index (χ2v) is 5.82. The molecule has 2 aliphatic rings. The first-order valence-electron chi connectivity index (χ1n) is 6.44. The highest BCUT2D eigenvalue weighted by Crippen LogP contribution is 2.47. The molecule has 0 spiro atoms. The van der Waals surface area contributed by atoms with Crippen LogP contribution in [-0.2, 0) is 18.4 Å². The van der Waals surface area contributed by atoms with Crippen molar-refractivity contribution in [2.75, 3.05) is 0 Å². The topological polar surface area (TPSA) is 46.2 Å². The quantitative estimate of drug-likeness (QED) is 0.805. The van der Waals surface area contributed by atoms with E-state index in [1.807, 2.05) is 0 Å². The van der Waals surface area contributed by atoms with Gasteiger partial charge in [-0.15, -0.1) is 0 Å². The minimum Gasteiger partial charge on any atom is -0.506 e. The maximum atomic E-state index is 10.2. The maximum absolute atomic E-state index is 10.2. The molecule has 2 aliphatic carbocycles. The second-order valence-electron chi connectivity index (χ2n) is 5.44. The molecule has 3 rings (SSSR count). The average molecular weight is 252 g/mol. The Hall–Kier alpha value is -0.730. The summed E-state index contributed by atoms with van der Waals surface area (Å²) in [6, 6.07) is 2.11. The fourth-order valence-corrected chi connectivity index (χ4v) is 3.37. The zero-order valence-corrected chi connectivity index (χ0v) is 10.7. The van der Waals surface area contributed by atoms with E-state index in [1.54, 1.807) is 0 Å². The third-order valence-electron chi connectivity index (χ3n) is 4.34. The van der Waals surface area contributed by atoms with Crippen LogP contribution in [0.15, 0.2) is 6.07 Å². The summed E-state index contributed by atoms with van der Waals surface area (Å²) in [5.74, 6) is 0.231. The fraction of sp³-hybridized carbons (Fsp3) is 0.571. The number of aromatic hydroxyl groups is 1. The smallest absolute Gasteiger partial charge is 0.139 e. The number of aryl methyl sites for hydroxylation is 1. The Labute approximate surface area is 107 Å². The van der Waals surface area contributed by atoms with Gasteiger partial charge in [-0.1, -0.05) is 11.6 Å². The SMILES string of the molecule is NC1(c2cc3c(c(Cl)c2O)CCCC3)CCC1. The maximum Gasteiger partial charge on any atom is 0.139 e. The molecule has 1 aromatic carbocycles. The van der Waals surface area contributed by atoms with Crippen LogP contribution < -0.4 is 5.73 Å². The fourth-order valence-electron chi connectivity index (χ4n) is 3.05. The summed E-state index contributed by atoms with van der Waals surface area (Å²) in [5.41, 5.74) is 9.28. The lowest BCUT2D eigenvalue weighted by molar-refractivity contribution is 0.245. The van der Waals surface area contributed by atoms with E-state index < -0.39 is 0 Å². The van der Waals surface area contributed by atoms with E-state index in [0.29, 0.717) is 5.02 Å². The van der Waals surface area contributed by atoms with E-state index in [-0.39, 0.29) is 11.3 Å². The highest BCUT2D eigenvalue weighted by atomic mass is 35.5. The lowest BCUT2D eigenvalue weighted by Gasteiger charge is -2.40. The van der Waals surface area contributed by atoms with Crippen LogP contribution in [0.2, 0.25) is 5.02 Å². The van der Waals surface area contributed by atoms with Crippen molar-refractivity contribution >= 4 is 11.6 Å². The standard InChI is InChI=1S/C14H18ClNO/c15-12-10-5-2-1-4-9(10)8-11(13(12)17)14(16)6-3-7-14/h8,17H,1-7,16H2. The van der Waals surface area contributed by atoms with Crippen LogP contribution in [0.3, 0.4) is 0 Å². The molecule has 0 saturated heterocycles. The van der Waals surface area contributed by atoms with Crippen molar-refractivity contribution in [2.24, 2.45) is 5.73 Å². The predicted molar refractivity (Wildman–Crippen MR) is 69.5 cm³/mol. The Morgan fingerprint density at radius 2 is 1.88 bits per heavy atom. The minimum atomic E-state index is -0.333. The van der Waals surface area contributed by atoms with Gasteiger partial charge in [-0.3, -0.25) is 0 Å². The molecule has 0 bridgehead atoms. The monoisotopic (exact) mass is 251 g/mol. The van der Waals surface area contributed by atoms with Crippen molar-refractivity contribution in [2.45, 2.75) is 50.5 Å². The molecule has 1 saturated carbocycles. The Kier molecular flexibility index (Phi) is 2.60. The van der Waals surface area contributed by atoms with Crippen LogP contribution >= 0.6 is 11.6 Å². The largest absolute Gasteiger partial charge is 0.506 e. The Morgan fingerprint density at radius 3 is 2.53 bits per heavy atom. The predicted octanol–water partition coefficient (Wildman–Crippen LogP) is 3.26. The van der Waals surface area contributed by atoms with Crippen LogP contribution in [-0.4, -0.2) is 5.11 Å². The average Bonchev–Trinajstić information content (AvgIpc) is 2.31. The molecule has 1 fully saturated rings. The molecule has 0 heterocycles. The van der Waals surface area contributed by atoms with Crippen LogP contribution in [0.25, 0.3) is 0 Å². The van der Waals surface area contributed by atoms with E-state index in [2.05, 4.69) is 6.07 Å². The second kappa shape index (κ2) is 3.89. The van der Waals surface area contributed by atoms with Gasteiger partial charge < -0.3 is 10.8 Å². The molecule has 0 atom stereocenters. The van der Waals surface area contributed by atoms with Crippen LogP contribution in [0.4, 0.5) is 0 Å². The molecule has 0 aromatic heterocycles. The number of phenolic OH excluding ortho intramolecular Hbond substituents is 1. The van der Waals surface area contributed by atoms with E-state index in [1.165, 1.54) is 18.4 Å². The van der Waals surface area contributed by atoms with Crippen LogP contribution in [0.1, 0.15) is 48.8 Å². The highest BCUT2D eigenvalue weighted by Gasteiger charge is 2.38. The Balaban J connectivity index is 2.13. The van der Waals surface area contributed by atoms with Crippen molar-refractivity contribution in [3.05, 3.63) is 27.8 Å². The summed E-state index contributed by atoms with van der Waals surface area (Å²) in [7, 11) is 0. The van der Waals surface area contributed by atoms with Crippen molar-refractivity contribution in [3.63, 3.8) is 0 Å². The molecule has 0 aliphatic heterocycles. The normalized spacial score (nSPS) is 21.8. The van der Waals surface area contributed by atoms with Crippen LogP contribution in [0, 0.1) is 0 Å². The molecule has 0 amide bonds. The van der Waals surface area contributed by atoms with Gasteiger partial charge in [0.1, 0.15) is 5.75 Å². The van der Waals surface area contributed by atoms with Gasteiger partial charge in [0.2, 0.25) is 0 Å². The molecule has 0 unspecified atom stereocenters. The number of phenols is 1. The van der Waals surface area contributed by atoms with Crippen molar-refractivity contribution in [1.29, 1.82) is 0 Å². The molecule has 17 heavy (non-hydrogen) atoms. The first-order valence-corrected chi connectivity index (χ1v) is 6.82. The number of benzene rings is 1. The van der Waals surface area contributed by atoms with Crippen molar-refractivity contribution < 1.29 is 5.11 Å². The zero-order valence-electron chi connectivity index (χ0n) is 9.93. The van der Waals surface area contributed by atoms with E-state index in [4.69, 9.17) is 17.3 Å². The molecular weight excluding hydrogens is 234 g/mol. The molecule has 92 valence electrons. The van der Waals surface area contributed by atoms with Gasteiger partial charge in [-0.25, -0.2) is 0 Å². The molecule has 3 N–H and O–H groups in total. The molecular formula is C14H18ClNO. The third kappa shape index (κ3) is 1.66. The van der Waals surface area contributed by atoms with Gasteiger partial charge in [0.15, 0.2) is 0 Å². The lowest BCUT2D eigenvalue weighted by Crippen LogP contribution is -2.43. The number of hydrogen-bond donors (Lipinski definition) is 2. The van der Waals surface area contributed by atoms with Gasteiger partial charge in [0.05, 0.1) is 5.02 Å². The van der Waals surface area contributed by atoms with E-state index in [9.17, 15) is 5.11 Å². The molecule has 1 aromatic rings. The molecule has 0 radical (unpaired) electrons. The van der Waals surface area contributed by atoms with Crippen molar-refractivity contribution in [1.82, 2.24) is 0 Å². The summed E-state index contributed by atoms with van der Waals surface area (Å²) in [6.45, 7) is 0. The first-order chi connectivity index (χ1) is 8.12. The van der Waals surface area contributed by atoms with Gasteiger partial charge in [-0.05, 0) is 62.1 Å². The zero-order chi connectivity index (χ0) is 12.0. The third-order valence-corrected chi connectivity index (χ3v) is 4.75. The first kappa shape index (κ1) is 11.4. The number of rotatable bonds is 1. The van der Waals surface area contributed by atoms with Gasteiger partial charge in [-0.2, -0.15) is 0 Å². The lowest BCUT2D eigenvalue weighted by atomic mass is 9.71. The summed E-state index contributed by atoms with van der Waals surface area (Å²) in [6.07, 6.45) is 7.48. The summed E-state index contributed by atoms with van der Waals surface area (Å²) < 4.78 is 0. The number of halogens is 1. The molecule has 3 heteroatoms.